The third-order valence-corrected chi connectivity index (χ3v) is 25.9. The molecule has 0 heterocycles. The number of aryl methyl sites for hydroxylation is 2. The van der Waals surface area contributed by atoms with Crippen LogP contribution >= 0.6 is 24.8 Å². The molecule has 2 aliphatic rings. The molecule has 0 saturated carbocycles. The van der Waals surface area contributed by atoms with Crippen LogP contribution < -0.4 is 0 Å². The van der Waals surface area contributed by atoms with Crippen molar-refractivity contribution in [2.45, 2.75) is 61.4 Å². The number of benzene rings is 2. The first kappa shape index (κ1) is 28.6. The molecular formula is C29H40Cl2SiZr. The van der Waals surface area contributed by atoms with Gasteiger partial charge < -0.3 is 0 Å². The van der Waals surface area contributed by atoms with E-state index in [0.29, 0.717) is 9.54 Å². The summed E-state index contributed by atoms with van der Waals surface area (Å²) in [5, 5.41) is 0. The monoisotopic (exact) mass is 576 g/mol. The first-order valence-corrected chi connectivity index (χ1v) is 25.2. The van der Waals surface area contributed by atoms with Crippen molar-refractivity contribution < 1.29 is 17.4 Å². The molecule has 0 aromatic heterocycles. The van der Waals surface area contributed by atoms with E-state index in [4.69, 9.17) is 0 Å². The van der Waals surface area contributed by atoms with Crippen molar-refractivity contribution in [2.24, 2.45) is 5.92 Å². The molecule has 0 N–H and O–H groups in total. The van der Waals surface area contributed by atoms with Crippen molar-refractivity contribution >= 4 is 37.3 Å². The van der Waals surface area contributed by atoms with Gasteiger partial charge in [0, 0.05) is 0 Å². The molecule has 33 heavy (non-hydrogen) atoms. The first-order valence-electron chi connectivity index (χ1n) is 11.7. The maximum absolute atomic E-state index is 3.34. The number of rotatable bonds is 3. The third kappa shape index (κ3) is 4.40. The van der Waals surface area contributed by atoms with Gasteiger partial charge >= 0.3 is 193 Å². The quantitative estimate of drug-likeness (QED) is 0.320. The molecule has 4 rings (SSSR count). The van der Waals surface area contributed by atoms with Gasteiger partial charge in [0.05, 0.1) is 0 Å². The van der Waals surface area contributed by atoms with Gasteiger partial charge in [-0.05, 0) is 0 Å². The normalized spacial score (nSPS) is 20.4. The molecule has 2 aromatic carbocycles. The number of fused-ring (bicyclic) bond motifs is 1. The van der Waals surface area contributed by atoms with E-state index in [0.717, 1.165) is 0 Å². The Hall–Kier alpha value is -0.660. The van der Waals surface area contributed by atoms with Crippen LogP contribution in [0.1, 0.15) is 64.7 Å². The second-order valence-corrected chi connectivity index (χ2v) is 40.8. The molecule has 2 aromatic rings. The maximum Gasteiger partial charge on any atom is -0.147 e. The van der Waals surface area contributed by atoms with Crippen LogP contribution in [0.2, 0.25) is 9.26 Å². The van der Waals surface area contributed by atoms with Gasteiger partial charge in [-0.25, -0.2) is 0 Å². The molecule has 0 radical (unpaired) electrons. The van der Waals surface area contributed by atoms with E-state index in [2.05, 4.69) is 107 Å². The first-order chi connectivity index (χ1) is 14.3. The van der Waals surface area contributed by atoms with Crippen LogP contribution in [0.5, 0.6) is 0 Å². The zero-order valence-corrected chi connectivity index (χ0v) is 27.2. The van der Waals surface area contributed by atoms with Crippen LogP contribution in [0.25, 0.3) is 5.57 Å². The molecule has 2 atom stereocenters. The van der Waals surface area contributed by atoms with Gasteiger partial charge in [-0.1, -0.05) is 0 Å². The summed E-state index contributed by atoms with van der Waals surface area (Å²) in [6.07, 6.45) is 2.67. The van der Waals surface area contributed by atoms with Crippen LogP contribution in [0, 0.1) is 26.7 Å². The largest absolute Gasteiger partial charge is 0.147 e. The third-order valence-electron chi connectivity index (χ3n) is 8.68. The van der Waals surface area contributed by atoms with Crippen LogP contribution in [-0.2, 0) is 17.4 Å². The predicted molar refractivity (Wildman–Crippen MR) is 152 cm³/mol. The van der Waals surface area contributed by atoms with E-state index < -0.39 is 17.4 Å². The van der Waals surface area contributed by atoms with Gasteiger partial charge in [0.25, 0.3) is 0 Å². The van der Waals surface area contributed by atoms with Crippen molar-refractivity contribution in [3.63, 3.8) is 0 Å². The van der Waals surface area contributed by atoms with Gasteiger partial charge in [0.15, 0.2) is 0 Å². The molecule has 0 amide bonds. The summed E-state index contributed by atoms with van der Waals surface area (Å²) in [4.78, 5) is 0. The second-order valence-electron chi connectivity index (χ2n) is 11.3. The number of allylic oxidation sites excluding steroid dienone is 5. The summed E-state index contributed by atoms with van der Waals surface area (Å²) < 4.78 is 7.78. The maximum atomic E-state index is 2.70. The summed E-state index contributed by atoms with van der Waals surface area (Å²) in [7, 11) is 0. The SMILES string of the molecule is CC1=C(C)C(C)[C]([Zr]([CH3])([CH3])(=[SiH2])[CH]2C=C(c3cc(C)c(C)c(C)c3)c3ccccc32)=C1C.Cl.Cl. The van der Waals surface area contributed by atoms with Crippen LogP contribution in [0.4, 0.5) is 0 Å². The van der Waals surface area contributed by atoms with Crippen LogP contribution in [0.15, 0.2) is 62.5 Å². The van der Waals surface area contributed by atoms with Crippen LogP contribution in [0.3, 0.4) is 0 Å². The van der Waals surface area contributed by atoms with Crippen molar-refractivity contribution in [2.75, 3.05) is 0 Å². The number of hydrogen-bond donors (Lipinski definition) is 0. The van der Waals surface area contributed by atoms with Gasteiger partial charge in [0.1, 0.15) is 0 Å². The fraction of sp³-hybridized carbons (Fsp3) is 0.379. The number of halogens is 2. The molecule has 0 bridgehead atoms. The smallest absolute Gasteiger partial charge is 0.147 e. The molecule has 2 unspecified atom stereocenters. The number of hydrogen-bond acceptors (Lipinski definition) is 0. The Labute approximate surface area is 216 Å². The van der Waals surface area contributed by atoms with E-state index in [1.807, 2.05) is 3.28 Å². The molecule has 178 valence electrons. The minimum absolute atomic E-state index is 0. The summed E-state index contributed by atoms with van der Waals surface area (Å²) in [5.74, 6) is 0.589. The topological polar surface area (TPSA) is 0 Å². The van der Waals surface area contributed by atoms with E-state index >= 15 is 0 Å². The van der Waals surface area contributed by atoms with E-state index in [1.165, 1.54) is 33.4 Å². The Balaban J connectivity index is 0.00000193. The Morgan fingerprint density at radius 1 is 0.818 bits per heavy atom. The fourth-order valence-corrected chi connectivity index (χ4v) is 24.9. The van der Waals surface area contributed by atoms with Crippen molar-refractivity contribution in [3.8, 4) is 0 Å². The molecule has 0 spiro atoms. The van der Waals surface area contributed by atoms with Crippen LogP contribution in [-0.4, -0.2) is 6.88 Å². The fourth-order valence-electron chi connectivity index (χ4n) is 6.43. The summed E-state index contributed by atoms with van der Waals surface area (Å²) in [6, 6.07) is 14.0. The Morgan fingerprint density at radius 3 is 1.88 bits per heavy atom. The molecule has 0 fully saturated rings. The zero-order valence-electron chi connectivity index (χ0n) is 21.7. The molecule has 2 aliphatic carbocycles. The van der Waals surface area contributed by atoms with E-state index in [9.17, 15) is 0 Å². The van der Waals surface area contributed by atoms with Crippen molar-refractivity contribution in [1.29, 1.82) is 0 Å². The molecule has 0 aliphatic heterocycles. The van der Waals surface area contributed by atoms with E-state index in [-0.39, 0.29) is 24.8 Å². The van der Waals surface area contributed by atoms with Gasteiger partial charge in [-0.3, -0.25) is 0 Å². The Morgan fingerprint density at radius 2 is 1.36 bits per heavy atom. The standard InChI is InChI=1S/C18H17.C9H13.2CH3.2ClH.H2Si.Zr/c1-12-10-16(11-13(2)14(12)3)18-9-8-15-6-4-5-7-17(15)18;1-6-5-7(2)9(4)8(6)3;;;;;;/h4-11H,1-3H3;6H,1-4H3;2*1H3;2*1H;1H2;. The summed E-state index contributed by atoms with van der Waals surface area (Å²) >= 11 is -3.34. The molecule has 0 nitrogen and oxygen atoms in total. The minimum Gasteiger partial charge on any atom is -0.147 e. The van der Waals surface area contributed by atoms with Crippen molar-refractivity contribution in [3.05, 3.63) is 95.9 Å². The van der Waals surface area contributed by atoms with E-state index in [1.54, 1.807) is 22.3 Å². The molecular weight excluding hydrogens is 539 g/mol. The Kier molecular flexibility index (Phi) is 8.16. The second kappa shape index (κ2) is 9.42. The zero-order chi connectivity index (χ0) is 22.9. The molecule has 0 saturated heterocycles. The summed E-state index contributed by atoms with van der Waals surface area (Å²) in [5.41, 5.74) is 14.8. The minimum atomic E-state index is -3.34. The predicted octanol–water partition coefficient (Wildman–Crippen LogP) is 8.54. The van der Waals surface area contributed by atoms with Gasteiger partial charge in [-0.15, -0.1) is 24.8 Å². The average molecular weight is 579 g/mol. The van der Waals surface area contributed by atoms with Gasteiger partial charge in [-0.2, -0.15) is 0 Å². The summed E-state index contributed by atoms with van der Waals surface area (Å²) in [6.45, 7) is 18.7. The molecule has 4 heteroatoms. The Bertz CT molecular complexity index is 1260. The average Bonchev–Trinajstić information content (AvgIpc) is 3.19. The van der Waals surface area contributed by atoms with Crippen molar-refractivity contribution in [1.82, 2.24) is 0 Å². The van der Waals surface area contributed by atoms with Gasteiger partial charge in [0.2, 0.25) is 0 Å².